The van der Waals surface area contributed by atoms with Gasteiger partial charge in [0.25, 0.3) is 0 Å². The molecule has 2 rings (SSSR count). The summed E-state index contributed by atoms with van der Waals surface area (Å²) in [5, 5.41) is 6.03. The fraction of sp³-hybridized carbons (Fsp3) is 0.286. The van der Waals surface area contributed by atoms with Crippen molar-refractivity contribution in [3.63, 3.8) is 0 Å². The number of amides is 1. The van der Waals surface area contributed by atoms with Gasteiger partial charge in [-0.3, -0.25) is 4.79 Å². The molecule has 1 amide bonds. The van der Waals surface area contributed by atoms with E-state index in [1.807, 2.05) is 0 Å². The molecule has 1 heterocycles. The molecule has 22 heavy (non-hydrogen) atoms. The SMILES string of the molecule is Cc1cc(NC(=O)CCS(=O)(=O)Cc2ccc(F)cc2)no1. The Labute approximate surface area is 127 Å². The lowest BCUT2D eigenvalue weighted by atomic mass is 10.2. The molecule has 0 saturated carbocycles. The standard InChI is InChI=1S/C14H15FN2O4S/c1-10-8-13(17-21-10)16-14(18)6-7-22(19,20)9-11-2-4-12(15)5-3-11/h2-5,8H,6-7,9H2,1H3,(H,16,17,18). The number of anilines is 1. The molecule has 0 aliphatic carbocycles. The number of aryl methyl sites for hydroxylation is 1. The van der Waals surface area contributed by atoms with E-state index in [9.17, 15) is 17.6 Å². The van der Waals surface area contributed by atoms with Crippen LogP contribution in [0.15, 0.2) is 34.9 Å². The molecule has 0 spiro atoms. The van der Waals surface area contributed by atoms with Crippen molar-refractivity contribution in [1.29, 1.82) is 0 Å². The van der Waals surface area contributed by atoms with Gasteiger partial charge in [0, 0.05) is 12.5 Å². The average molecular weight is 326 g/mol. The van der Waals surface area contributed by atoms with Crippen molar-refractivity contribution in [2.45, 2.75) is 19.1 Å². The Balaban J connectivity index is 1.86. The highest BCUT2D eigenvalue weighted by Crippen LogP contribution is 2.10. The second-order valence-electron chi connectivity index (χ2n) is 4.84. The van der Waals surface area contributed by atoms with Crippen LogP contribution in [-0.2, 0) is 20.4 Å². The van der Waals surface area contributed by atoms with Crippen LogP contribution in [0.2, 0.25) is 0 Å². The average Bonchev–Trinajstić information content (AvgIpc) is 2.84. The Morgan fingerprint density at radius 1 is 1.32 bits per heavy atom. The van der Waals surface area contributed by atoms with Crippen LogP contribution in [0.4, 0.5) is 10.2 Å². The lowest BCUT2D eigenvalue weighted by Crippen LogP contribution is -2.18. The van der Waals surface area contributed by atoms with Crippen molar-refractivity contribution in [1.82, 2.24) is 5.16 Å². The monoisotopic (exact) mass is 326 g/mol. The van der Waals surface area contributed by atoms with E-state index in [1.54, 1.807) is 6.92 Å². The molecule has 0 bridgehead atoms. The Hall–Kier alpha value is -2.22. The number of halogens is 1. The second kappa shape index (κ2) is 6.69. The molecule has 1 aromatic carbocycles. The van der Waals surface area contributed by atoms with Gasteiger partial charge in [0.2, 0.25) is 5.91 Å². The van der Waals surface area contributed by atoms with E-state index in [2.05, 4.69) is 10.5 Å². The van der Waals surface area contributed by atoms with Crippen LogP contribution in [0.25, 0.3) is 0 Å². The zero-order valence-corrected chi connectivity index (χ0v) is 12.7. The van der Waals surface area contributed by atoms with Crippen LogP contribution < -0.4 is 5.32 Å². The Bertz CT molecular complexity index is 753. The Kier molecular flexibility index (Phi) is 4.92. The summed E-state index contributed by atoms with van der Waals surface area (Å²) in [7, 11) is -3.46. The number of aromatic nitrogens is 1. The molecule has 1 aromatic heterocycles. The van der Waals surface area contributed by atoms with Gasteiger partial charge in [-0.1, -0.05) is 17.3 Å². The van der Waals surface area contributed by atoms with Gasteiger partial charge < -0.3 is 9.84 Å². The smallest absolute Gasteiger partial charge is 0.226 e. The minimum Gasteiger partial charge on any atom is -0.360 e. The first-order valence-electron chi connectivity index (χ1n) is 6.52. The molecule has 1 N–H and O–H groups in total. The molecular weight excluding hydrogens is 311 g/mol. The van der Waals surface area contributed by atoms with Crippen molar-refractivity contribution < 1.29 is 22.1 Å². The maximum atomic E-state index is 12.8. The fourth-order valence-corrected chi connectivity index (χ4v) is 3.13. The molecule has 0 unspecified atom stereocenters. The summed E-state index contributed by atoms with van der Waals surface area (Å²) in [6.07, 6.45) is -0.185. The molecule has 8 heteroatoms. The molecule has 0 saturated heterocycles. The quantitative estimate of drug-likeness (QED) is 0.877. The Morgan fingerprint density at radius 2 is 2.00 bits per heavy atom. The zero-order valence-electron chi connectivity index (χ0n) is 11.9. The lowest BCUT2D eigenvalue weighted by Gasteiger charge is -2.05. The minimum atomic E-state index is -3.46. The third kappa shape index (κ3) is 4.96. The van der Waals surface area contributed by atoms with Crippen molar-refractivity contribution in [2.24, 2.45) is 0 Å². The number of benzene rings is 1. The summed E-state index contributed by atoms with van der Waals surface area (Å²) in [5.74, 6) is -0.631. The summed E-state index contributed by atoms with van der Waals surface area (Å²) >= 11 is 0. The molecule has 2 aromatic rings. The van der Waals surface area contributed by atoms with Gasteiger partial charge in [-0.25, -0.2) is 12.8 Å². The number of hydrogen-bond acceptors (Lipinski definition) is 5. The maximum Gasteiger partial charge on any atom is 0.226 e. The predicted molar refractivity (Wildman–Crippen MR) is 78.4 cm³/mol. The first kappa shape index (κ1) is 16.2. The highest BCUT2D eigenvalue weighted by molar-refractivity contribution is 7.90. The number of nitrogens with zero attached hydrogens (tertiary/aromatic N) is 1. The largest absolute Gasteiger partial charge is 0.360 e. The van der Waals surface area contributed by atoms with E-state index in [0.717, 1.165) is 0 Å². The highest BCUT2D eigenvalue weighted by Gasteiger charge is 2.15. The predicted octanol–water partition coefficient (Wildman–Crippen LogP) is 2.07. The molecule has 0 fully saturated rings. The maximum absolute atomic E-state index is 12.8. The number of sulfone groups is 1. The lowest BCUT2D eigenvalue weighted by molar-refractivity contribution is -0.115. The zero-order chi connectivity index (χ0) is 16.2. The van der Waals surface area contributed by atoms with Gasteiger partial charge in [-0.2, -0.15) is 0 Å². The summed E-state index contributed by atoms with van der Waals surface area (Å²) in [6.45, 7) is 1.68. The molecule has 0 radical (unpaired) electrons. The third-order valence-electron chi connectivity index (χ3n) is 2.84. The number of hydrogen-bond donors (Lipinski definition) is 1. The number of carbonyl (C=O) groups is 1. The van der Waals surface area contributed by atoms with Crippen LogP contribution >= 0.6 is 0 Å². The minimum absolute atomic E-state index is 0.185. The van der Waals surface area contributed by atoms with Crippen molar-refractivity contribution in [3.8, 4) is 0 Å². The first-order chi connectivity index (χ1) is 10.3. The summed E-state index contributed by atoms with van der Waals surface area (Å²) in [6, 6.07) is 6.75. The molecule has 6 nitrogen and oxygen atoms in total. The summed E-state index contributed by atoms with van der Waals surface area (Å²) in [5.41, 5.74) is 0.480. The van der Waals surface area contributed by atoms with E-state index in [0.29, 0.717) is 11.3 Å². The third-order valence-corrected chi connectivity index (χ3v) is 4.43. The van der Waals surface area contributed by atoms with E-state index >= 15 is 0 Å². The van der Waals surface area contributed by atoms with Crippen molar-refractivity contribution >= 4 is 21.6 Å². The van der Waals surface area contributed by atoms with E-state index in [4.69, 9.17) is 4.52 Å². The van der Waals surface area contributed by atoms with Gasteiger partial charge >= 0.3 is 0 Å². The van der Waals surface area contributed by atoms with E-state index < -0.39 is 21.6 Å². The van der Waals surface area contributed by atoms with Gasteiger partial charge in [0.15, 0.2) is 15.7 Å². The highest BCUT2D eigenvalue weighted by atomic mass is 32.2. The van der Waals surface area contributed by atoms with Crippen LogP contribution in [-0.4, -0.2) is 25.2 Å². The van der Waals surface area contributed by atoms with Crippen molar-refractivity contribution in [3.05, 3.63) is 47.5 Å². The van der Waals surface area contributed by atoms with Gasteiger partial charge in [-0.15, -0.1) is 0 Å². The number of nitrogens with one attached hydrogen (secondary N) is 1. The number of carbonyl (C=O) groups excluding carboxylic acids is 1. The second-order valence-corrected chi connectivity index (χ2v) is 7.02. The van der Waals surface area contributed by atoms with Crippen LogP contribution in [0, 0.1) is 12.7 Å². The molecular formula is C14H15FN2O4S. The van der Waals surface area contributed by atoms with Crippen LogP contribution in [0.5, 0.6) is 0 Å². The first-order valence-corrected chi connectivity index (χ1v) is 8.34. The molecule has 118 valence electrons. The Morgan fingerprint density at radius 3 is 2.59 bits per heavy atom. The van der Waals surface area contributed by atoms with Crippen LogP contribution in [0.3, 0.4) is 0 Å². The summed E-state index contributed by atoms with van der Waals surface area (Å²) in [4.78, 5) is 11.7. The molecule has 0 aliphatic rings. The van der Waals surface area contributed by atoms with Crippen molar-refractivity contribution in [2.75, 3.05) is 11.1 Å². The van der Waals surface area contributed by atoms with Gasteiger partial charge in [0.1, 0.15) is 11.6 Å². The van der Waals surface area contributed by atoms with Crippen LogP contribution in [0.1, 0.15) is 17.7 Å². The normalized spacial score (nSPS) is 11.4. The van der Waals surface area contributed by atoms with E-state index in [1.165, 1.54) is 30.3 Å². The van der Waals surface area contributed by atoms with Gasteiger partial charge in [-0.05, 0) is 24.6 Å². The number of rotatable bonds is 6. The summed E-state index contributed by atoms with van der Waals surface area (Å²) < 4.78 is 41.4. The molecule has 0 aliphatic heterocycles. The molecule has 0 atom stereocenters. The van der Waals surface area contributed by atoms with E-state index in [-0.39, 0.29) is 23.7 Å². The fourth-order valence-electron chi connectivity index (χ4n) is 1.79. The van der Waals surface area contributed by atoms with Gasteiger partial charge in [0.05, 0.1) is 11.5 Å². The topological polar surface area (TPSA) is 89.3 Å².